The van der Waals surface area contributed by atoms with E-state index in [1.807, 2.05) is 0 Å². The predicted octanol–water partition coefficient (Wildman–Crippen LogP) is 1.18. The number of ether oxygens (including phenoxy) is 1. The maximum absolute atomic E-state index is 11.5. The zero-order valence-corrected chi connectivity index (χ0v) is 8.21. The second-order valence-corrected chi connectivity index (χ2v) is 4.07. The minimum absolute atomic E-state index is 0.0191. The summed E-state index contributed by atoms with van der Waals surface area (Å²) in [6, 6.07) is 0. The Hall–Kier alpha value is -0.570. The molecule has 0 aromatic heterocycles. The molecule has 0 spiro atoms. The molecule has 1 aliphatic heterocycles. The molecule has 0 aromatic rings. The molecule has 1 aliphatic carbocycles. The summed E-state index contributed by atoms with van der Waals surface area (Å²) < 4.78 is 4.85. The monoisotopic (exact) mass is 183 g/mol. The van der Waals surface area contributed by atoms with E-state index < -0.39 is 0 Å². The van der Waals surface area contributed by atoms with Crippen LogP contribution < -0.4 is 0 Å². The number of nitrogens with zero attached hydrogens (tertiary/aromatic N) is 1. The fourth-order valence-corrected chi connectivity index (χ4v) is 2.28. The van der Waals surface area contributed by atoms with Crippen molar-refractivity contribution in [2.75, 3.05) is 20.2 Å². The zero-order valence-electron chi connectivity index (χ0n) is 8.21. The van der Waals surface area contributed by atoms with Gasteiger partial charge in [-0.15, -0.1) is 0 Å². The summed E-state index contributed by atoms with van der Waals surface area (Å²) in [5.41, 5.74) is -0.199. The van der Waals surface area contributed by atoms with Crippen molar-refractivity contribution in [3.05, 3.63) is 0 Å². The van der Waals surface area contributed by atoms with Gasteiger partial charge in [0.05, 0.1) is 7.11 Å². The minimum atomic E-state index is -0.199. The molecule has 0 unspecified atom stereocenters. The van der Waals surface area contributed by atoms with Gasteiger partial charge < -0.3 is 4.74 Å². The zero-order chi connectivity index (χ0) is 9.31. The number of hydrogen-bond acceptors (Lipinski definition) is 3. The smallest absolute Gasteiger partial charge is 0.326 e. The lowest BCUT2D eigenvalue weighted by molar-refractivity contribution is -0.149. The molecule has 1 heterocycles. The van der Waals surface area contributed by atoms with Crippen LogP contribution in [0, 0.1) is 0 Å². The Bertz CT molecular complexity index is 205. The van der Waals surface area contributed by atoms with E-state index in [9.17, 15) is 4.79 Å². The van der Waals surface area contributed by atoms with Crippen LogP contribution in [-0.2, 0) is 9.53 Å². The molecule has 2 aliphatic rings. The Morgan fingerprint density at radius 2 is 1.85 bits per heavy atom. The van der Waals surface area contributed by atoms with Crippen LogP contribution in [0.15, 0.2) is 0 Å². The van der Waals surface area contributed by atoms with Gasteiger partial charge in [0.15, 0.2) is 0 Å². The summed E-state index contributed by atoms with van der Waals surface area (Å²) in [6.07, 6.45) is 5.78. The van der Waals surface area contributed by atoms with Crippen molar-refractivity contribution in [1.82, 2.24) is 4.90 Å². The Morgan fingerprint density at radius 1 is 1.23 bits per heavy atom. The average Bonchev–Trinajstić information content (AvgIpc) is 2.99. The van der Waals surface area contributed by atoms with Gasteiger partial charge in [-0.3, -0.25) is 9.69 Å². The Morgan fingerprint density at radius 3 is 2.31 bits per heavy atom. The van der Waals surface area contributed by atoms with Crippen molar-refractivity contribution in [3.63, 3.8) is 0 Å². The summed E-state index contributed by atoms with van der Waals surface area (Å²) in [4.78, 5) is 13.9. The van der Waals surface area contributed by atoms with Crippen molar-refractivity contribution in [2.24, 2.45) is 0 Å². The van der Waals surface area contributed by atoms with Crippen LogP contribution in [0.4, 0.5) is 0 Å². The number of piperidine rings is 1. The lowest BCUT2D eigenvalue weighted by Gasteiger charge is -2.32. The maximum atomic E-state index is 11.5. The molecule has 0 atom stereocenters. The van der Waals surface area contributed by atoms with Crippen molar-refractivity contribution >= 4 is 5.97 Å². The van der Waals surface area contributed by atoms with Gasteiger partial charge in [-0.05, 0) is 38.8 Å². The first-order valence-electron chi connectivity index (χ1n) is 5.13. The molecule has 13 heavy (non-hydrogen) atoms. The minimum Gasteiger partial charge on any atom is -0.468 e. The van der Waals surface area contributed by atoms with Gasteiger partial charge in [-0.2, -0.15) is 0 Å². The van der Waals surface area contributed by atoms with Crippen molar-refractivity contribution < 1.29 is 9.53 Å². The lowest BCUT2D eigenvalue weighted by Crippen LogP contribution is -2.46. The number of likely N-dealkylation sites (tertiary alicyclic amines) is 1. The van der Waals surface area contributed by atoms with E-state index >= 15 is 0 Å². The molecule has 0 amide bonds. The largest absolute Gasteiger partial charge is 0.468 e. The van der Waals surface area contributed by atoms with Gasteiger partial charge in [0.2, 0.25) is 0 Å². The number of esters is 1. The average molecular weight is 183 g/mol. The van der Waals surface area contributed by atoms with Crippen molar-refractivity contribution in [3.8, 4) is 0 Å². The highest BCUT2D eigenvalue weighted by molar-refractivity contribution is 5.84. The van der Waals surface area contributed by atoms with Crippen molar-refractivity contribution in [2.45, 2.75) is 37.6 Å². The molecule has 3 nitrogen and oxygen atoms in total. The van der Waals surface area contributed by atoms with Gasteiger partial charge >= 0.3 is 5.97 Å². The Balaban J connectivity index is 2.01. The molecular formula is C10H17NO2. The quantitative estimate of drug-likeness (QED) is 0.602. The van der Waals surface area contributed by atoms with Crippen LogP contribution >= 0.6 is 0 Å². The molecule has 0 aromatic carbocycles. The molecule has 1 saturated carbocycles. The van der Waals surface area contributed by atoms with Gasteiger partial charge in [-0.1, -0.05) is 6.42 Å². The highest BCUT2D eigenvalue weighted by atomic mass is 16.5. The van der Waals surface area contributed by atoms with Crippen LogP contribution in [-0.4, -0.2) is 36.6 Å². The SMILES string of the molecule is COC(=O)C1(N2CCCCC2)CC1. The number of rotatable bonds is 2. The third-order valence-electron chi connectivity index (χ3n) is 3.25. The molecule has 0 radical (unpaired) electrons. The van der Waals surface area contributed by atoms with Crippen LogP contribution in [0.5, 0.6) is 0 Å². The molecule has 0 bridgehead atoms. The standard InChI is InChI=1S/C10H17NO2/c1-13-9(12)10(5-6-10)11-7-3-2-4-8-11/h2-8H2,1H3. The Labute approximate surface area is 79.0 Å². The van der Waals surface area contributed by atoms with Crippen LogP contribution in [0.3, 0.4) is 0 Å². The molecule has 2 rings (SSSR count). The van der Waals surface area contributed by atoms with Gasteiger partial charge in [0, 0.05) is 0 Å². The topological polar surface area (TPSA) is 29.5 Å². The summed E-state index contributed by atoms with van der Waals surface area (Å²) in [6.45, 7) is 2.16. The molecule has 2 fully saturated rings. The Kier molecular flexibility index (Phi) is 2.28. The number of carbonyl (C=O) groups excluding carboxylic acids is 1. The highest BCUT2D eigenvalue weighted by Crippen LogP contribution is 2.43. The van der Waals surface area contributed by atoms with Crippen LogP contribution in [0.2, 0.25) is 0 Å². The number of carbonyl (C=O) groups is 1. The van der Waals surface area contributed by atoms with E-state index in [4.69, 9.17) is 4.74 Å². The first-order chi connectivity index (χ1) is 6.29. The predicted molar refractivity (Wildman–Crippen MR) is 49.4 cm³/mol. The van der Waals surface area contributed by atoms with Gasteiger partial charge in [0.1, 0.15) is 5.54 Å². The second-order valence-electron chi connectivity index (χ2n) is 4.07. The van der Waals surface area contributed by atoms with E-state index in [2.05, 4.69) is 4.90 Å². The highest BCUT2D eigenvalue weighted by Gasteiger charge is 2.55. The summed E-state index contributed by atoms with van der Waals surface area (Å²) in [5, 5.41) is 0. The third kappa shape index (κ3) is 1.46. The summed E-state index contributed by atoms with van der Waals surface area (Å²) in [5.74, 6) is -0.0191. The number of hydrogen-bond donors (Lipinski definition) is 0. The molecule has 0 N–H and O–H groups in total. The van der Waals surface area contributed by atoms with Crippen molar-refractivity contribution in [1.29, 1.82) is 0 Å². The summed E-state index contributed by atoms with van der Waals surface area (Å²) >= 11 is 0. The third-order valence-corrected chi connectivity index (χ3v) is 3.25. The molecule has 1 saturated heterocycles. The van der Waals surface area contributed by atoms with E-state index in [0.717, 1.165) is 25.9 Å². The van der Waals surface area contributed by atoms with E-state index in [0.29, 0.717) is 0 Å². The fraction of sp³-hybridized carbons (Fsp3) is 0.900. The lowest BCUT2D eigenvalue weighted by atomic mass is 10.1. The van der Waals surface area contributed by atoms with E-state index in [-0.39, 0.29) is 11.5 Å². The fourth-order valence-electron chi connectivity index (χ4n) is 2.28. The normalized spacial score (nSPS) is 26.8. The first-order valence-corrected chi connectivity index (χ1v) is 5.13. The van der Waals surface area contributed by atoms with Crippen LogP contribution in [0.1, 0.15) is 32.1 Å². The second kappa shape index (κ2) is 3.29. The maximum Gasteiger partial charge on any atom is 0.326 e. The summed E-state index contributed by atoms with van der Waals surface area (Å²) in [7, 11) is 1.49. The van der Waals surface area contributed by atoms with Gasteiger partial charge in [-0.25, -0.2) is 0 Å². The van der Waals surface area contributed by atoms with Crippen LogP contribution in [0.25, 0.3) is 0 Å². The first kappa shape index (κ1) is 9.00. The molecular weight excluding hydrogens is 166 g/mol. The van der Waals surface area contributed by atoms with Gasteiger partial charge in [0.25, 0.3) is 0 Å². The number of methoxy groups -OCH3 is 1. The van der Waals surface area contributed by atoms with E-state index in [1.54, 1.807) is 0 Å². The van der Waals surface area contributed by atoms with E-state index in [1.165, 1.54) is 26.4 Å². The molecule has 74 valence electrons. The molecule has 3 heteroatoms.